The van der Waals surface area contributed by atoms with Gasteiger partial charge in [0, 0.05) is 12.3 Å². The maximum absolute atomic E-state index is 13.4. The van der Waals surface area contributed by atoms with E-state index in [1.165, 1.54) is 0 Å². The van der Waals surface area contributed by atoms with Crippen LogP contribution >= 0.6 is 11.8 Å². The summed E-state index contributed by atoms with van der Waals surface area (Å²) < 4.78 is 39.6. The van der Waals surface area contributed by atoms with Gasteiger partial charge >= 0.3 is 0 Å². The lowest BCUT2D eigenvalue weighted by molar-refractivity contribution is 0.305. The van der Waals surface area contributed by atoms with Crippen molar-refractivity contribution < 1.29 is 17.9 Å². The SMILES string of the molecule is COc1ccc(S(=O)(=O)N2CCS[C@@H]2c2cccc(OCc3ccccc3)c2)cc1C. The molecule has 5 nitrogen and oxygen atoms in total. The van der Waals surface area contributed by atoms with Gasteiger partial charge in [-0.05, 0) is 53.9 Å². The number of sulfonamides is 1. The van der Waals surface area contributed by atoms with Crippen LogP contribution < -0.4 is 9.47 Å². The Morgan fingerprint density at radius 2 is 1.84 bits per heavy atom. The van der Waals surface area contributed by atoms with E-state index in [0.29, 0.717) is 18.9 Å². The van der Waals surface area contributed by atoms with E-state index in [0.717, 1.165) is 28.2 Å². The van der Waals surface area contributed by atoms with E-state index >= 15 is 0 Å². The fraction of sp³-hybridized carbons (Fsp3) is 0.250. The topological polar surface area (TPSA) is 55.8 Å². The van der Waals surface area contributed by atoms with Crippen molar-refractivity contribution in [1.82, 2.24) is 4.31 Å². The van der Waals surface area contributed by atoms with E-state index in [2.05, 4.69) is 0 Å². The molecule has 0 amide bonds. The van der Waals surface area contributed by atoms with Crippen LogP contribution in [0.4, 0.5) is 0 Å². The molecule has 0 bridgehead atoms. The number of nitrogens with zero attached hydrogens (tertiary/aromatic N) is 1. The van der Waals surface area contributed by atoms with Crippen LogP contribution in [-0.4, -0.2) is 32.1 Å². The second kappa shape index (κ2) is 9.34. The number of hydrogen-bond donors (Lipinski definition) is 0. The molecule has 0 radical (unpaired) electrons. The summed E-state index contributed by atoms with van der Waals surface area (Å²) in [5.74, 6) is 2.15. The first kappa shape index (κ1) is 21.7. The summed E-state index contributed by atoms with van der Waals surface area (Å²) in [6, 6.07) is 22.7. The molecule has 7 heteroatoms. The lowest BCUT2D eigenvalue weighted by Gasteiger charge is -2.24. The summed E-state index contributed by atoms with van der Waals surface area (Å²) >= 11 is 1.63. The average Bonchev–Trinajstić information content (AvgIpc) is 3.29. The third-order valence-electron chi connectivity index (χ3n) is 5.21. The fourth-order valence-electron chi connectivity index (χ4n) is 3.61. The van der Waals surface area contributed by atoms with Gasteiger partial charge in [0.15, 0.2) is 0 Å². The molecule has 4 rings (SSSR count). The maximum atomic E-state index is 13.4. The van der Waals surface area contributed by atoms with Gasteiger partial charge in [-0.25, -0.2) is 8.42 Å². The highest BCUT2D eigenvalue weighted by Crippen LogP contribution is 2.42. The van der Waals surface area contributed by atoms with Gasteiger partial charge in [0.2, 0.25) is 10.0 Å². The van der Waals surface area contributed by atoms with E-state index in [-0.39, 0.29) is 10.3 Å². The number of ether oxygens (including phenoxy) is 2. The summed E-state index contributed by atoms with van der Waals surface area (Å²) in [5, 5.41) is -0.285. The first-order valence-corrected chi connectivity index (χ1v) is 12.5. The van der Waals surface area contributed by atoms with E-state index in [1.807, 2.05) is 61.5 Å². The summed E-state index contributed by atoms with van der Waals surface area (Å²) in [5.41, 5.74) is 2.80. The number of aryl methyl sites for hydroxylation is 1. The van der Waals surface area contributed by atoms with Crippen LogP contribution in [0.15, 0.2) is 77.7 Å². The Kier molecular flexibility index (Phi) is 6.55. The molecule has 0 spiro atoms. The van der Waals surface area contributed by atoms with Crippen molar-refractivity contribution in [2.75, 3.05) is 19.4 Å². The molecule has 3 aromatic rings. The molecule has 162 valence electrons. The second-order valence-corrected chi connectivity index (χ2v) is 10.4. The Morgan fingerprint density at radius 3 is 2.58 bits per heavy atom. The Bertz CT molecular complexity index is 1150. The quantitative estimate of drug-likeness (QED) is 0.501. The van der Waals surface area contributed by atoms with Crippen molar-refractivity contribution in [1.29, 1.82) is 0 Å². The summed E-state index contributed by atoms with van der Waals surface area (Å²) in [7, 11) is -2.06. The van der Waals surface area contributed by atoms with Gasteiger partial charge in [-0.1, -0.05) is 42.5 Å². The number of thioether (sulfide) groups is 1. The molecule has 0 unspecified atom stereocenters. The van der Waals surface area contributed by atoms with Crippen molar-refractivity contribution in [2.45, 2.75) is 23.8 Å². The largest absolute Gasteiger partial charge is 0.496 e. The Hall–Kier alpha value is -2.48. The minimum Gasteiger partial charge on any atom is -0.496 e. The number of benzene rings is 3. The van der Waals surface area contributed by atoms with Crippen LogP contribution in [-0.2, 0) is 16.6 Å². The lowest BCUT2D eigenvalue weighted by atomic mass is 10.2. The van der Waals surface area contributed by atoms with Crippen LogP contribution in [0.25, 0.3) is 0 Å². The third-order valence-corrected chi connectivity index (χ3v) is 8.47. The predicted octanol–water partition coefficient (Wildman–Crippen LogP) is 5.02. The molecule has 1 aliphatic heterocycles. The molecule has 0 aromatic heterocycles. The zero-order valence-corrected chi connectivity index (χ0v) is 19.2. The van der Waals surface area contributed by atoms with E-state index < -0.39 is 10.0 Å². The third kappa shape index (κ3) is 4.74. The van der Waals surface area contributed by atoms with Crippen LogP contribution in [0.1, 0.15) is 22.1 Å². The van der Waals surface area contributed by atoms with Gasteiger partial charge in [-0.15, -0.1) is 11.8 Å². The molecule has 1 saturated heterocycles. The van der Waals surface area contributed by atoms with Crippen LogP contribution in [0.5, 0.6) is 11.5 Å². The smallest absolute Gasteiger partial charge is 0.244 e. The zero-order valence-electron chi connectivity index (χ0n) is 17.5. The van der Waals surface area contributed by atoms with Crippen molar-refractivity contribution in [3.05, 3.63) is 89.5 Å². The highest BCUT2D eigenvalue weighted by Gasteiger charge is 2.37. The zero-order chi connectivity index (χ0) is 21.8. The van der Waals surface area contributed by atoms with Crippen LogP contribution in [0, 0.1) is 6.92 Å². The summed E-state index contributed by atoms with van der Waals surface area (Å²) in [4.78, 5) is 0.287. The first-order chi connectivity index (χ1) is 15.0. The van der Waals surface area contributed by atoms with Gasteiger partial charge in [-0.3, -0.25) is 0 Å². The molecule has 1 atom stereocenters. The molecular weight excluding hydrogens is 430 g/mol. The van der Waals surface area contributed by atoms with Gasteiger partial charge in [0.1, 0.15) is 18.1 Å². The molecule has 0 saturated carbocycles. The van der Waals surface area contributed by atoms with E-state index in [1.54, 1.807) is 41.4 Å². The Balaban J connectivity index is 1.56. The fourth-order valence-corrected chi connectivity index (χ4v) is 6.93. The second-order valence-electron chi connectivity index (χ2n) is 7.32. The molecule has 1 fully saturated rings. The van der Waals surface area contributed by atoms with Gasteiger partial charge in [0.25, 0.3) is 0 Å². The Morgan fingerprint density at radius 1 is 1.03 bits per heavy atom. The first-order valence-electron chi connectivity index (χ1n) is 10.0. The maximum Gasteiger partial charge on any atom is 0.244 e. The van der Waals surface area contributed by atoms with Crippen LogP contribution in [0.3, 0.4) is 0 Å². The summed E-state index contributed by atoms with van der Waals surface area (Å²) in [6.45, 7) is 2.79. The lowest BCUT2D eigenvalue weighted by Crippen LogP contribution is -2.30. The molecule has 1 heterocycles. The molecule has 0 N–H and O–H groups in total. The Labute approximate surface area is 188 Å². The number of hydrogen-bond acceptors (Lipinski definition) is 5. The van der Waals surface area contributed by atoms with Gasteiger partial charge < -0.3 is 9.47 Å². The molecule has 31 heavy (non-hydrogen) atoms. The minimum atomic E-state index is -3.64. The number of rotatable bonds is 7. The van der Waals surface area contributed by atoms with Crippen LogP contribution in [0.2, 0.25) is 0 Å². The molecule has 1 aliphatic rings. The normalized spacial score (nSPS) is 16.9. The van der Waals surface area contributed by atoms with Crippen molar-refractivity contribution >= 4 is 21.8 Å². The van der Waals surface area contributed by atoms with Gasteiger partial charge in [-0.2, -0.15) is 4.31 Å². The molecule has 3 aromatic carbocycles. The van der Waals surface area contributed by atoms with Crippen molar-refractivity contribution in [3.8, 4) is 11.5 Å². The summed E-state index contributed by atoms with van der Waals surface area (Å²) in [6.07, 6.45) is 0. The molecule has 0 aliphatic carbocycles. The van der Waals surface area contributed by atoms with E-state index in [4.69, 9.17) is 9.47 Å². The standard InChI is InChI=1S/C24H25NO4S2/c1-18-15-22(11-12-23(18)28-2)31(26,27)25-13-14-30-24(25)20-9-6-10-21(16-20)29-17-19-7-4-3-5-8-19/h3-12,15-16,24H,13-14,17H2,1-2H3/t24-/m1/s1. The van der Waals surface area contributed by atoms with Crippen molar-refractivity contribution in [2.24, 2.45) is 0 Å². The van der Waals surface area contributed by atoms with E-state index in [9.17, 15) is 8.42 Å². The number of methoxy groups -OCH3 is 1. The monoisotopic (exact) mass is 455 g/mol. The average molecular weight is 456 g/mol. The van der Waals surface area contributed by atoms with Gasteiger partial charge in [0.05, 0.1) is 17.4 Å². The molecular formula is C24H25NO4S2. The van der Waals surface area contributed by atoms with Crippen molar-refractivity contribution in [3.63, 3.8) is 0 Å². The highest BCUT2D eigenvalue weighted by molar-refractivity contribution is 8.01. The predicted molar refractivity (Wildman–Crippen MR) is 124 cm³/mol. The minimum absolute atomic E-state index is 0.285. The highest BCUT2D eigenvalue weighted by atomic mass is 32.2.